The highest BCUT2D eigenvalue weighted by Gasteiger charge is 2.10. The maximum atomic E-state index is 8.90. The van der Waals surface area contributed by atoms with Crippen molar-refractivity contribution in [3.8, 4) is 11.8 Å². The molecule has 0 spiro atoms. The summed E-state index contributed by atoms with van der Waals surface area (Å²) in [7, 11) is 1.92. The molecule has 0 aliphatic heterocycles. The maximum absolute atomic E-state index is 8.90. The molecule has 0 saturated carbocycles. The summed E-state index contributed by atoms with van der Waals surface area (Å²) in [6.07, 6.45) is 1.47. The van der Waals surface area contributed by atoms with E-state index >= 15 is 0 Å². The number of nitrogens with two attached hydrogens (primary N) is 1. The number of nitriles is 1. The van der Waals surface area contributed by atoms with Gasteiger partial charge in [-0.1, -0.05) is 6.07 Å². The number of anilines is 2. The molecular formula is C17H16N6O. The van der Waals surface area contributed by atoms with Gasteiger partial charge < -0.3 is 15.4 Å². The summed E-state index contributed by atoms with van der Waals surface area (Å²) in [6, 6.07) is 12.8. The zero-order valence-electron chi connectivity index (χ0n) is 13.2. The molecule has 120 valence electrons. The van der Waals surface area contributed by atoms with Crippen molar-refractivity contribution in [3.63, 3.8) is 0 Å². The second-order valence-corrected chi connectivity index (χ2v) is 5.21. The van der Waals surface area contributed by atoms with E-state index in [1.165, 1.54) is 6.33 Å². The van der Waals surface area contributed by atoms with Crippen molar-refractivity contribution in [2.75, 3.05) is 30.8 Å². The Bertz CT molecular complexity index is 905. The van der Waals surface area contributed by atoms with Crippen LogP contribution in [0.1, 0.15) is 5.56 Å². The number of aromatic nitrogens is 3. The van der Waals surface area contributed by atoms with Gasteiger partial charge in [-0.25, -0.2) is 15.0 Å². The van der Waals surface area contributed by atoms with Crippen LogP contribution in [0, 0.1) is 11.3 Å². The highest BCUT2D eigenvalue weighted by atomic mass is 16.5. The molecule has 0 saturated heterocycles. The van der Waals surface area contributed by atoms with Crippen LogP contribution < -0.4 is 15.4 Å². The van der Waals surface area contributed by atoms with Crippen LogP contribution in [0.25, 0.3) is 11.0 Å². The Balaban J connectivity index is 1.69. The molecule has 0 bridgehead atoms. The van der Waals surface area contributed by atoms with Crippen LogP contribution in [0.15, 0.2) is 42.7 Å². The molecule has 0 amide bonds. The molecule has 24 heavy (non-hydrogen) atoms. The van der Waals surface area contributed by atoms with Gasteiger partial charge in [-0.05, 0) is 30.3 Å². The van der Waals surface area contributed by atoms with Crippen LogP contribution in [0.3, 0.4) is 0 Å². The van der Waals surface area contributed by atoms with Crippen LogP contribution in [0.4, 0.5) is 11.6 Å². The van der Waals surface area contributed by atoms with Crippen molar-refractivity contribution in [1.82, 2.24) is 15.0 Å². The third kappa shape index (κ3) is 3.33. The molecule has 0 atom stereocenters. The van der Waals surface area contributed by atoms with E-state index in [-0.39, 0.29) is 0 Å². The fourth-order valence-corrected chi connectivity index (χ4v) is 2.31. The fraction of sp³-hybridized carbons (Fsp3) is 0.176. The first-order valence-corrected chi connectivity index (χ1v) is 7.39. The first-order valence-electron chi connectivity index (χ1n) is 7.39. The van der Waals surface area contributed by atoms with E-state index < -0.39 is 0 Å². The van der Waals surface area contributed by atoms with Gasteiger partial charge in [0.2, 0.25) is 0 Å². The second kappa shape index (κ2) is 6.79. The van der Waals surface area contributed by atoms with Gasteiger partial charge >= 0.3 is 0 Å². The summed E-state index contributed by atoms with van der Waals surface area (Å²) in [5.74, 6) is 1.86. The Labute approximate surface area is 139 Å². The zero-order chi connectivity index (χ0) is 16.9. The van der Waals surface area contributed by atoms with Gasteiger partial charge in [-0.3, -0.25) is 0 Å². The van der Waals surface area contributed by atoms with Gasteiger partial charge in [0, 0.05) is 7.05 Å². The van der Waals surface area contributed by atoms with Crippen molar-refractivity contribution >= 4 is 22.7 Å². The van der Waals surface area contributed by atoms with E-state index in [0.29, 0.717) is 35.9 Å². The molecule has 0 radical (unpaired) electrons. The van der Waals surface area contributed by atoms with Crippen molar-refractivity contribution in [2.45, 2.75) is 0 Å². The number of fused-ring (bicyclic) bond motifs is 1. The Morgan fingerprint density at radius 3 is 2.96 bits per heavy atom. The topological polar surface area (TPSA) is 101 Å². The predicted molar refractivity (Wildman–Crippen MR) is 91.7 cm³/mol. The minimum Gasteiger partial charge on any atom is -0.492 e. The first kappa shape index (κ1) is 15.5. The van der Waals surface area contributed by atoms with E-state index in [2.05, 4.69) is 21.0 Å². The average Bonchev–Trinajstić information content (AvgIpc) is 2.61. The zero-order valence-corrected chi connectivity index (χ0v) is 13.2. The third-order valence-corrected chi connectivity index (χ3v) is 3.52. The van der Waals surface area contributed by atoms with Gasteiger partial charge in [0.25, 0.3) is 0 Å². The minimum atomic E-state index is 0.426. The fourth-order valence-electron chi connectivity index (χ4n) is 2.31. The van der Waals surface area contributed by atoms with E-state index in [0.717, 1.165) is 11.2 Å². The number of hydrogen-bond donors (Lipinski definition) is 1. The number of rotatable bonds is 5. The maximum Gasteiger partial charge on any atom is 0.166 e. The summed E-state index contributed by atoms with van der Waals surface area (Å²) in [6.45, 7) is 1.08. The van der Waals surface area contributed by atoms with E-state index in [9.17, 15) is 0 Å². The summed E-state index contributed by atoms with van der Waals surface area (Å²) >= 11 is 0. The summed E-state index contributed by atoms with van der Waals surface area (Å²) < 4.78 is 5.70. The molecule has 0 unspecified atom stereocenters. The smallest absolute Gasteiger partial charge is 0.166 e. The highest BCUT2D eigenvalue weighted by molar-refractivity contribution is 5.87. The SMILES string of the molecule is CN(CCOc1cccc(C#N)c1)c1ncnc2nc(N)ccc12. The van der Waals surface area contributed by atoms with Crippen LogP contribution in [0.5, 0.6) is 5.75 Å². The number of nitrogen functional groups attached to an aromatic ring is 1. The first-order chi connectivity index (χ1) is 11.7. The molecule has 0 aliphatic carbocycles. The molecule has 2 heterocycles. The molecule has 7 nitrogen and oxygen atoms in total. The van der Waals surface area contributed by atoms with E-state index in [4.69, 9.17) is 15.7 Å². The molecule has 3 aromatic rings. The number of ether oxygens (including phenoxy) is 1. The number of pyridine rings is 1. The molecule has 0 fully saturated rings. The second-order valence-electron chi connectivity index (χ2n) is 5.21. The van der Waals surface area contributed by atoms with Crippen LogP contribution in [-0.2, 0) is 0 Å². The summed E-state index contributed by atoms with van der Waals surface area (Å²) in [4.78, 5) is 14.6. The van der Waals surface area contributed by atoms with E-state index in [1.807, 2.05) is 24.1 Å². The average molecular weight is 320 g/mol. The molecule has 3 rings (SSSR count). The summed E-state index contributed by atoms with van der Waals surface area (Å²) in [5.41, 5.74) is 6.83. The van der Waals surface area contributed by atoms with E-state index in [1.54, 1.807) is 24.3 Å². The standard InChI is InChI=1S/C17H16N6O/c1-23(7-8-24-13-4-2-3-12(9-13)10-18)17-14-5-6-15(19)22-16(14)20-11-21-17/h2-6,9,11H,7-8H2,1H3,(H2,19,20,21,22). The number of likely N-dealkylation sites (N-methyl/N-ethyl adjacent to an activating group) is 1. The molecule has 1 aromatic carbocycles. The van der Waals surface area contributed by atoms with Gasteiger partial charge in [0.15, 0.2) is 5.65 Å². The molecule has 2 N–H and O–H groups in total. The molecule has 0 aliphatic rings. The molecule has 7 heteroatoms. The Morgan fingerprint density at radius 2 is 2.12 bits per heavy atom. The van der Waals surface area contributed by atoms with Crippen molar-refractivity contribution in [1.29, 1.82) is 5.26 Å². The van der Waals surface area contributed by atoms with Gasteiger partial charge in [-0.2, -0.15) is 5.26 Å². The minimum absolute atomic E-state index is 0.426. The quantitative estimate of drug-likeness (QED) is 0.767. The lowest BCUT2D eigenvalue weighted by Gasteiger charge is -2.19. The highest BCUT2D eigenvalue weighted by Crippen LogP contribution is 2.21. The largest absolute Gasteiger partial charge is 0.492 e. The van der Waals surface area contributed by atoms with Gasteiger partial charge in [-0.15, -0.1) is 0 Å². The van der Waals surface area contributed by atoms with Crippen molar-refractivity contribution in [3.05, 3.63) is 48.3 Å². The lowest BCUT2D eigenvalue weighted by Crippen LogP contribution is -2.25. The monoisotopic (exact) mass is 320 g/mol. The van der Waals surface area contributed by atoms with Crippen molar-refractivity contribution < 1.29 is 4.74 Å². The lowest BCUT2D eigenvalue weighted by molar-refractivity contribution is 0.325. The van der Waals surface area contributed by atoms with Crippen LogP contribution in [0.2, 0.25) is 0 Å². The molecular weight excluding hydrogens is 304 g/mol. The van der Waals surface area contributed by atoms with Gasteiger partial charge in [0.05, 0.1) is 23.6 Å². The van der Waals surface area contributed by atoms with Gasteiger partial charge in [0.1, 0.15) is 30.3 Å². The normalized spacial score (nSPS) is 10.3. The van der Waals surface area contributed by atoms with Crippen LogP contribution >= 0.6 is 0 Å². The lowest BCUT2D eigenvalue weighted by atomic mass is 10.2. The number of hydrogen-bond acceptors (Lipinski definition) is 7. The predicted octanol–water partition coefficient (Wildman–Crippen LogP) is 1.99. The summed E-state index contributed by atoms with van der Waals surface area (Å²) in [5, 5.41) is 9.74. The van der Waals surface area contributed by atoms with Crippen molar-refractivity contribution in [2.24, 2.45) is 0 Å². The Morgan fingerprint density at radius 1 is 1.25 bits per heavy atom. The number of benzene rings is 1. The third-order valence-electron chi connectivity index (χ3n) is 3.52. The molecule has 2 aromatic heterocycles. The van der Waals surface area contributed by atoms with Crippen LogP contribution in [-0.4, -0.2) is 35.2 Å². The number of nitrogens with zero attached hydrogens (tertiary/aromatic N) is 5. The Kier molecular flexibility index (Phi) is 4.38. The Hall–Kier alpha value is -3.40.